The van der Waals surface area contributed by atoms with Gasteiger partial charge >= 0.3 is 0 Å². The van der Waals surface area contributed by atoms with E-state index in [1.54, 1.807) is 48.5 Å². The maximum absolute atomic E-state index is 9.71. The number of ether oxygens (including phenoxy) is 2. The predicted molar refractivity (Wildman–Crippen MR) is 111 cm³/mol. The maximum atomic E-state index is 9.71. The lowest BCUT2D eigenvalue weighted by atomic mass is 10.1. The second-order valence-corrected chi connectivity index (χ2v) is 6.79. The second kappa shape index (κ2) is 9.70. The first kappa shape index (κ1) is 19.6. The van der Waals surface area contributed by atoms with Crippen LogP contribution in [0.25, 0.3) is 0 Å². The van der Waals surface area contributed by atoms with Gasteiger partial charge in [0.2, 0.25) is 0 Å². The molecule has 3 aromatic carbocycles. The zero-order valence-electron chi connectivity index (χ0n) is 16.1. The molecule has 0 fully saturated rings. The summed E-state index contributed by atoms with van der Waals surface area (Å²) in [6.07, 6.45) is 5.77. The fourth-order valence-corrected chi connectivity index (χ4v) is 2.98. The molecule has 0 atom stereocenters. The fraction of sp³-hybridized carbons (Fsp3) is 0.250. The summed E-state index contributed by atoms with van der Waals surface area (Å²) in [5.74, 6) is 2.46. The molecular weight excluding hydrogens is 352 g/mol. The van der Waals surface area contributed by atoms with Gasteiger partial charge in [-0.15, -0.1) is 0 Å². The van der Waals surface area contributed by atoms with Crippen molar-refractivity contribution in [1.82, 2.24) is 0 Å². The summed E-state index contributed by atoms with van der Waals surface area (Å²) in [7, 11) is 0. The Morgan fingerprint density at radius 3 is 1.93 bits per heavy atom. The van der Waals surface area contributed by atoms with Crippen molar-refractivity contribution in [2.75, 3.05) is 0 Å². The molecule has 4 nitrogen and oxygen atoms in total. The quantitative estimate of drug-likeness (QED) is 0.402. The van der Waals surface area contributed by atoms with E-state index in [1.807, 2.05) is 18.2 Å². The summed E-state index contributed by atoms with van der Waals surface area (Å²) in [4.78, 5) is 0. The Morgan fingerprint density at radius 1 is 0.679 bits per heavy atom. The monoisotopic (exact) mass is 378 g/mol. The van der Waals surface area contributed by atoms with E-state index in [9.17, 15) is 10.2 Å². The highest BCUT2D eigenvalue weighted by Gasteiger charge is 2.10. The number of hydrogen-bond donors (Lipinski definition) is 2. The van der Waals surface area contributed by atoms with Gasteiger partial charge in [0.25, 0.3) is 0 Å². The van der Waals surface area contributed by atoms with Gasteiger partial charge in [0, 0.05) is 12.1 Å². The number of phenolic OH excluding ortho intramolecular Hbond substituents is 2. The van der Waals surface area contributed by atoms with Crippen LogP contribution in [0.2, 0.25) is 0 Å². The summed E-state index contributed by atoms with van der Waals surface area (Å²) in [5.41, 5.74) is 1.18. The van der Waals surface area contributed by atoms with Gasteiger partial charge in [-0.25, -0.2) is 0 Å². The molecule has 0 unspecified atom stereocenters. The van der Waals surface area contributed by atoms with Crippen LogP contribution in [0.3, 0.4) is 0 Å². The van der Waals surface area contributed by atoms with Crippen molar-refractivity contribution < 1.29 is 19.7 Å². The molecule has 28 heavy (non-hydrogen) atoms. The Labute approximate surface area is 166 Å². The fourth-order valence-electron chi connectivity index (χ4n) is 2.98. The lowest BCUT2D eigenvalue weighted by molar-refractivity contribution is 0.410. The van der Waals surface area contributed by atoms with Crippen LogP contribution in [0.15, 0.2) is 66.7 Å². The normalized spacial score (nSPS) is 10.6. The lowest BCUT2D eigenvalue weighted by Crippen LogP contribution is -1.93. The van der Waals surface area contributed by atoms with Crippen LogP contribution in [0.5, 0.6) is 34.5 Å². The molecule has 3 rings (SSSR count). The van der Waals surface area contributed by atoms with Gasteiger partial charge in [-0.2, -0.15) is 0 Å². The van der Waals surface area contributed by atoms with E-state index in [0.29, 0.717) is 23.0 Å². The number of rotatable bonds is 9. The smallest absolute Gasteiger partial charge is 0.170 e. The van der Waals surface area contributed by atoms with Crippen molar-refractivity contribution in [3.63, 3.8) is 0 Å². The Kier molecular flexibility index (Phi) is 6.79. The first-order valence-corrected chi connectivity index (χ1v) is 9.71. The minimum atomic E-state index is 0.139. The van der Waals surface area contributed by atoms with Crippen molar-refractivity contribution >= 4 is 0 Å². The summed E-state index contributed by atoms with van der Waals surface area (Å²) < 4.78 is 12.0. The SMILES string of the molecule is CCCCCCc1ccc(Oc2cccc(O)c2)c(Oc2cccc(O)c2)c1. The molecule has 0 radical (unpaired) electrons. The highest BCUT2D eigenvalue weighted by atomic mass is 16.5. The predicted octanol–water partition coefficient (Wildman–Crippen LogP) is 6.81. The van der Waals surface area contributed by atoms with E-state index in [1.165, 1.54) is 24.8 Å². The van der Waals surface area contributed by atoms with Crippen LogP contribution in [-0.2, 0) is 6.42 Å². The van der Waals surface area contributed by atoms with Crippen LogP contribution in [0, 0.1) is 0 Å². The standard InChI is InChI=1S/C24H26O4/c1-2-3-4-5-8-18-13-14-23(27-21-11-6-9-19(25)16-21)24(15-18)28-22-12-7-10-20(26)17-22/h6-7,9-17,25-26H,2-5,8H2,1H3. The number of phenols is 2. The molecule has 0 aromatic heterocycles. The average molecular weight is 378 g/mol. The summed E-state index contributed by atoms with van der Waals surface area (Å²) in [6.45, 7) is 2.20. The number of aromatic hydroxyl groups is 2. The van der Waals surface area contributed by atoms with E-state index in [0.717, 1.165) is 12.8 Å². The van der Waals surface area contributed by atoms with Crippen LogP contribution in [-0.4, -0.2) is 10.2 Å². The Bertz CT molecular complexity index is 905. The molecular formula is C24H26O4. The minimum Gasteiger partial charge on any atom is -0.508 e. The topological polar surface area (TPSA) is 58.9 Å². The minimum absolute atomic E-state index is 0.139. The van der Waals surface area contributed by atoms with Gasteiger partial charge in [0.15, 0.2) is 11.5 Å². The molecule has 0 heterocycles. The van der Waals surface area contributed by atoms with E-state index >= 15 is 0 Å². The molecule has 4 heteroatoms. The average Bonchev–Trinajstić information content (AvgIpc) is 2.67. The van der Waals surface area contributed by atoms with E-state index < -0.39 is 0 Å². The summed E-state index contributed by atoms with van der Waals surface area (Å²) >= 11 is 0. The van der Waals surface area contributed by atoms with Gasteiger partial charge in [-0.3, -0.25) is 0 Å². The molecule has 0 aliphatic heterocycles. The number of benzene rings is 3. The lowest BCUT2D eigenvalue weighted by Gasteiger charge is -2.14. The van der Waals surface area contributed by atoms with E-state index in [4.69, 9.17) is 9.47 Å². The zero-order chi connectivity index (χ0) is 19.8. The Morgan fingerprint density at radius 2 is 1.32 bits per heavy atom. The van der Waals surface area contributed by atoms with Crippen LogP contribution in [0.1, 0.15) is 38.2 Å². The van der Waals surface area contributed by atoms with Crippen LogP contribution in [0.4, 0.5) is 0 Å². The molecule has 0 spiro atoms. The third-order valence-corrected chi connectivity index (χ3v) is 4.42. The molecule has 0 aliphatic rings. The third-order valence-electron chi connectivity index (χ3n) is 4.42. The van der Waals surface area contributed by atoms with Crippen molar-refractivity contribution in [1.29, 1.82) is 0 Å². The number of unbranched alkanes of at least 4 members (excludes halogenated alkanes) is 3. The first-order valence-electron chi connectivity index (χ1n) is 9.71. The van der Waals surface area contributed by atoms with E-state index in [2.05, 4.69) is 6.92 Å². The van der Waals surface area contributed by atoms with Gasteiger partial charge in [0.1, 0.15) is 23.0 Å². The first-order chi connectivity index (χ1) is 13.6. The highest BCUT2D eigenvalue weighted by molar-refractivity contribution is 5.49. The second-order valence-electron chi connectivity index (χ2n) is 6.79. The van der Waals surface area contributed by atoms with Crippen molar-refractivity contribution in [3.8, 4) is 34.5 Å². The largest absolute Gasteiger partial charge is 0.508 e. The number of hydrogen-bond acceptors (Lipinski definition) is 4. The summed E-state index contributed by atoms with van der Waals surface area (Å²) in [6, 6.07) is 19.2. The van der Waals surface area contributed by atoms with E-state index in [-0.39, 0.29) is 11.5 Å². The van der Waals surface area contributed by atoms with Crippen molar-refractivity contribution in [2.24, 2.45) is 0 Å². The number of aryl methyl sites for hydroxylation is 1. The van der Waals surface area contributed by atoms with Crippen LogP contribution >= 0.6 is 0 Å². The highest BCUT2D eigenvalue weighted by Crippen LogP contribution is 2.37. The zero-order valence-corrected chi connectivity index (χ0v) is 16.1. The molecule has 0 saturated carbocycles. The van der Waals surface area contributed by atoms with Crippen molar-refractivity contribution in [3.05, 3.63) is 72.3 Å². The maximum Gasteiger partial charge on any atom is 0.170 e. The molecule has 0 amide bonds. The summed E-state index contributed by atoms with van der Waals surface area (Å²) in [5, 5.41) is 19.4. The molecule has 0 bridgehead atoms. The van der Waals surface area contributed by atoms with Gasteiger partial charge < -0.3 is 19.7 Å². The molecule has 2 N–H and O–H groups in total. The molecule has 146 valence electrons. The van der Waals surface area contributed by atoms with Gasteiger partial charge in [-0.05, 0) is 54.8 Å². The Balaban J connectivity index is 1.84. The third kappa shape index (κ3) is 5.68. The van der Waals surface area contributed by atoms with Gasteiger partial charge in [0.05, 0.1) is 0 Å². The van der Waals surface area contributed by atoms with Gasteiger partial charge in [-0.1, -0.05) is 44.4 Å². The molecule has 0 aliphatic carbocycles. The molecule has 3 aromatic rings. The van der Waals surface area contributed by atoms with Crippen LogP contribution < -0.4 is 9.47 Å². The molecule has 0 saturated heterocycles. The Hall–Kier alpha value is -3.14. The van der Waals surface area contributed by atoms with Crippen molar-refractivity contribution in [2.45, 2.75) is 39.0 Å².